The van der Waals surface area contributed by atoms with Crippen LogP contribution in [0.2, 0.25) is 0 Å². The molecular formula is C22H17N5O2S. The van der Waals surface area contributed by atoms with Crippen molar-refractivity contribution in [1.29, 1.82) is 0 Å². The number of rotatable bonds is 4. The molecule has 0 spiro atoms. The first kappa shape index (κ1) is 18.3. The van der Waals surface area contributed by atoms with Gasteiger partial charge in [0.25, 0.3) is 5.91 Å². The van der Waals surface area contributed by atoms with Crippen molar-refractivity contribution in [3.8, 4) is 22.0 Å². The minimum absolute atomic E-state index is 0.193. The lowest BCUT2D eigenvalue weighted by Crippen LogP contribution is -2.12. The van der Waals surface area contributed by atoms with Crippen LogP contribution in [0, 0.1) is 13.8 Å². The molecule has 30 heavy (non-hydrogen) atoms. The van der Waals surface area contributed by atoms with E-state index in [0.717, 1.165) is 22.0 Å². The summed E-state index contributed by atoms with van der Waals surface area (Å²) in [5, 5.41) is 18.1. The third-order valence-electron chi connectivity index (χ3n) is 4.73. The van der Waals surface area contributed by atoms with Gasteiger partial charge in [0.2, 0.25) is 0 Å². The molecule has 0 aliphatic carbocycles. The molecule has 0 fully saturated rings. The molecule has 4 aromatic heterocycles. The molecule has 148 valence electrons. The van der Waals surface area contributed by atoms with Crippen LogP contribution in [0.5, 0.6) is 0 Å². The molecule has 5 rings (SSSR count). The molecule has 7 nitrogen and oxygen atoms in total. The van der Waals surface area contributed by atoms with E-state index in [-0.39, 0.29) is 5.91 Å². The fourth-order valence-electron chi connectivity index (χ4n) is 3.28. The normalized spacial score (nSPS) is 11.1. The van der Waals surface area contributed by atoms with Gasteiger partial charge in [0.05, 0.1) is 16.1 Å². The number of nitrogens with one attached hydrogen (secondary N) is 1. The Morgan fingerprint density at radius 1 is 1.07 bits per heavy atom. The second-order valence-electron chi connectivity index (χ2n) is 6.85. The molecule has 1 N–H and O–H groups in total. The van der Waals surface area contributed by atoms with Gasteiger partial charge in [-0.1, -0.05) is 18.2 Å². The zero-order valence-corrected chi connectivity index (χ0v) is 17.1. The summed E-state index contributed by atoms with van der Waals surface area (Å²) in [6.07, 6.45) is 0. The highest BCUT2D eigenvalue weighted by atomic mass is 32.1. The molecule has 1 amide bonds. The van der Waals surface area contributed by atoms with Gasteiger partial charge in [-0.25, -0.2) is 0 Å². The van der Waals surface area contributed by atoms with Crippen molar-refractivity contribution in [2.45, 2.75) is 13.8 Å². The van der Waals surface area contributed by atoms with Crippen LogP contribution in [0.1, 0.15) is 21.9 Å². The summed E-state index contributed by atoms with van der Waals surface area (Å²) in [5.74, 6) is 1.85. The highest BCUT2D eigenvalue weighted by molar-refractivity contribution is 7.13. The highest BCUT2D eigenvalue weighted by Gasteiger charge is 2.14. The molecular weight excluding hydrogens is 398 g/mol. The van der Waals surface area contributed by atoms with Gasteiger partial charge < -0.3 is 9.73 Å². The second kappa shape index (κ2) is 7.23. The number of thiophene rings is 1. The van der Waals surface area contributed by atoms with Gasteiger partial charge in [0.1, 0.15) is 11.5 Å². The highest BCUT2D eigenvalue weighted by Crippen LogP contribution is 2.25. The topological polar surface area (TPSA) is 85.3 Å². The van der Waals surface area contributed by atoms with E-state index in [1.54, 1.807) is 28.8 Å². The zero-order valence-electron chi connectivity index (χ0n) is 16.3. The van der Waals surface area contributed by atoms with Gasteiger partial charge >= 0.3 is 0 Å². The molecule has 0 saturated carbocycles. The van der Waals surface area contributed by atoms with Gasteiger partial charge in [-0.3, -0.25) is 4.79 Å². The van der Waals surface area contributed by atoms with Crippen LogP contribution in [0.15, 0.2) is 64.4 Å². The number of hydrogen-bond donors (Lipinski definition) is 1. The van der Waals surface area contributed by atoms with E-state index in [2.05, 4.69) is 15.5 Å². The van der Waals surface area contributed by atoms with E-state index in [9.17, 15) is 4.79 Å². The molecule has 0 bridgehead atoms. The van der Waals surface area contributed by atoms with Crippen molar-refractivity contribution >= 4 is 28.6 Å². The summed E-state index contributed by atoms with van der Waals surface area (Å²) in [6.45, 7) is 3.60. The van der Waals surface area contributed by atoms with Gasteiger partial charge in [-0.15, -0.1) is 21.5 Å². The van der Waals surface area contributed by atoms with Crippen molar-refractivity contribution in [2.24, 2.45) is 0 Å². The van der Waals surface area contributed by atoms with E-state index >= 15 is 0 Å². The summed E-state index contributed by atoms with van der Waals surface area (Å²) in [6, 6.07) is 17.1. The van der Waals surface area contributed by atoms with Crippen LogP contribution in [0.25, 0.3) is 27.6 Å². The van der Waals surface area contributed by atoms with E-state index in [1.165, 1.54) is 0 Å². The van der Waals surface area contributed by atoms with Gasteiger partial charge in [0.15, 0.2) is 11.5 Å². The quantitative estimate of drug-likeness (QED) is 0.447. The molecule has 1 aromatic carbocycles. The summed E-state index contributed by atoms with van der Waals surface area (Å²) < 4.78 is 7.19. The van der Waals surface area contributed by atoms with E-state index in [4.69, 9.17) is 9.52 Å². The molecule has 0 aliphatic rings. The lowest BCUT2D eigenvalue weighted by molar-refractivity contribution is 0.102. The SMILES string of the molecule is Cc1cc(C(=O)Nc2ccc(-c3ccc4nnc(-c5cccs5)n4n3)cc2)c(C)o1. The summed E-state index contributed by atoms with van der Waals surface area (Å²) >= 11 is 1.60. The number of nitrogens with zero attached hydrogens (tertiary/aromatic N) is 4. The molecule has 0 saturated heterocycles. The second-order valence-corrected chi connectivity index (χ2v) is 7.80. The van der Waals surface area contributed by atoms with Crippen LogP contribution in [0.3, 0.4) is 0 Å². The fourth-order valence-corrected chi connectivity index (χ4v) is 3.97. The monoisotopic (exact) mass is 415 g/mol. The van der Waals surface area contributed by atoms with Crippen molar-refractivity contribution in [1.82, 2.24) is 19.8 Å². The van der Waals surface area contributed by atoms with Gasteiger partial charge in [0, 0.05) is 11.3 Å². The number of aryl methyl sites for hydroxylation is 2. The maximum Gasteiger partial charge on any atom is 0.259 e. The number of anilines is 1. The number of aromatic nitrogens is 4. The molecule has 4 heterocycles. The molecule has 0 atom stereocenters. The Balaban J connectivity index is 1.41. The van der Waals surface area contributed by atoms with E-state index in [0.29, 0.717) is 28.4 Å². The molecule has 8 heteroatoms. The average molecular weight is 415 g/mol. The Labute approximate surface area is 176 Å². The number of benzene rings is 1. The molecule has 0 unspecified atom stereocenters. The maximum absolute atomic E-state index is 12.5. The third-order valence-corrected chi connectivity index (χ3v) is 5.59. The van der Waals surface area contributed by atoms with Crippen molar-refractivity contribution in [3.63, 3.8) is 0 Å². The van der Waals surface area contributed by atoms with Crippen LogP contribution >= 0.6 is 11.3 Å². The van der Waals surface area contributed by atoms with Gasteiger partial charge in [-0.05, 0) is 55.6 Å². The first-order valence-corrected chi connectivity index (χ1v) is 10.2. The maximum atomic E-state index is 12.5. The predicted octanol–water partition coefficient (Wildman–Crippen LogP) is 4.98. The number of carbonyl (C=O) groups is 1. The molecule has 0 aliphatic heterocycles. The number of carbonyl (C=O) groups excluding carboxylic acids is 1. The number of fused-ring (bicyclic) bond motifs is 1. The number of hydrogen-bond acceptors (Lipinski definition) is 6. The van der Waals surface area contributed by atoms with E-state index in [1.807, 2.05) is 60.8 Å². The van der Waals surface area contributed by atoms with E-state index < -0.39 is 0 Å². The standard InChI is InChI=1S/C22H17N5O2S/c1-13-12-17(14(2)29-13)22(28)23-16-7-5-15(6-8-16)18-9-10-20-24-25-21(27(20)26-18)19-4-3-11-30-19/h3-12H,1-2H3,(H,23,28). The fraction of sp³-hybridized carbons (Fsp3) is 0.0909. The first-order valence-electron chi connectivity index (χ1n) is 9.33. The minimum atomic E-state index is -0.193. The van der Waals surface area contributed by atoms with Crippen molar-refractivity contribution < 1.29 is 9.21 Å². The Morgan fingerprint density at radius 2 is 1.90 bits per heavy atom. The Hall–Kier alpha value is -3.78. The first-order chi connectivity index (χ1) is 14.6. The van der Waals surface area contributed by atoms with Crippen LogP contribution in [-0.2, 0) is 0 Å². The molecule has 0 radical (unpaired) electrons. The van der Waals surface area contributed by atoms with Crippen molar-refractivity contribution in [2.75, 3.05) is 5.32 Å². The largest absolute Gasteiger partial charge is 0.466 e. The number of amides is 1. The zero-order chi connectivity index (χ0) is 20.7. The predicted molar refractivity (Wildman–Crippen MR) is 116 cm³/mol. The van der Waals surface area contributed by atoms with Crippen molar-refractivity contribution in [3.05, 3.63) is 77.1 Å². The average Bonchev–Trinajstić information content (AvgIpc) is 3.47. The van der Waals surface area contributed by atoms with Crippen LogP contribution in [-0.4, -0.2) is 25.7 Å². The number of furan rings is 1. The third kappa shape index (κ3) is 3.27. The Kier molecular flexibility index (Phi) is 4.40. The smallest absolute Gasteiger partial charge is 0.259 e. The lowest BCUT2D eigenvalue weighted by atomic mass is 10.1. The Morgan fingerprint density at radius 3 is 2.60 bits per heavy atom. The summed E-state index contributed by atoms with van der Waals surface area (Å²) in [7, 11) is 0. The summed E-state index contributed by atoms with van der Waals surface area (Å²) in [5.41, 5.74) is 3.65. The molecule has 5 aromatic rings. The lowest BCUT2D eigenvalue weighted by Gasteiger charge is -2.06. The van der Waals surface area contributed by atoms with Crippen LogP contribution < -0.4 is 5.32 Å². The van der Waals surface area contributed by atoms with Gasteiger partial charge in [-0.2, -0.15) is 9.61 Å². The summed E-state index contributed by atoms with van der Waals surface area (Å²) in [4.78, 5) is 13.5. The Bertz CT molecular complexity index is 1350. The van der Waals surface area contributed by atoms with Crippen LogP contribution in [0.4, 0.5) is 5.69 Å². The minimum Gasteiger partial charge on any atom is -0.466 e.